The highest BCUT2D eigenvalue weighted by Gasteiger charge is 2.22. The second kappa shape index (κ2) is 6.94. The van der Waals surface area contributed by atoms with Crippen LogP contribution in [-0.2, 0) is 0 Å². The molecule has 0 bridgehead atoms. The lowest BCUT2D eigenvalue weighted by atomic mass is 9.86. The minimum atomic E-state index is -0.0872. The Kier molecular flexibility index (Phi) is 4.74. The fraction of sp³-hybridized carbons (Fsp3) is 0.438. The third kappa shape index (κ3) is 3.78. The zero-order chi connectivity index (χ0) is 16.2. The topological polar surface area (TPSA) is 93.7 Å². The number of hydrogen-bond donors (Lipinski definition) is 2. The van der Waals surface area contributed by atoms with Gasteiger partial charge in [-0.15, -0.1) is 0 Å². The molecule has 23 heavy (non-hydrogen) atoms. The van der Waals surface area contributed by atoms with Crippen molar-refractivity contribution in [1.29, 1.82) is 0 Å². The number of carbonyl (C=O) groups excluding carboxylic acids is 1. The predicted octanol–water partition coefficient (Wildman–Crippen LogP) is 4.42. The van der Waals surface area contributed by atoms with E-state index in [0.717, 1.165) is 36.6 Å². The Morgan fingerprint density at radius 1 is 1.35 bits per heavy atom. The summed E-state index contributed by atoms with van der Waals surface area (Å²) in [7, 11) is 0. The minimum absolute atomic E-state index is 0.0872. The zero-order valence-corrected chi connectivity index (χ0v) is 13.4. The predicted molar refractivity (Wildman–Crippen MR) is 90.5 cm³/mol. The highest BCUT2D eigenvalue weighted by Crippen LogP contribution is 2.25. The average Bonchev–Trinajstić information content (AvgIpc) is 2.97. The van der Waals surface area contributed by atoms with Crippen molar-refractivity contribution < 1.29 is 4.79 Å². The Balaban J connectivity index is 1.59. The van der Waals surface area contributed by atoms with Crippen LogP contribution >= 0.6 is 11.6 Å². The van der Waals surface area contributed by atoms with Gasteiger partial charge >= 0.3 is 0 Å². The molecule has 1 saturated carbocycles. The summed E-state index contributed by atoms with van der Waals surface area (Å²) in [6, 6.07) is 7.51. The van der Waals surface area contributed by atoms with Crippen LogP contribution in [0, 0.1) is 5.92 Å². The van der Waals surface area contributed by atoms with Gasteiger partial charge < -0.3 is 10.3 Å². The summed E-state index contributed by atoms with van der Waals surface area (Å²) >= 11 is 5.97. The van der Waals surface area contributed by atoms with E-state index in [4.69, 9.17) is 17.1 Å². The number of aromatic amines is 1. The van der Waals surface area contributed by atoms with Crippen LogP contribution in [0.2, 0.25) is 5.02 Å². The Labute approximate surface area is 138 Å². The van der Waals surface area contributed by atoms with Crippen molar-refractivity contribution in [2.45, 2.75) is 31.7 Å². The Hall–Kier alpha value is -2.17. The van der Waals surface area contributed by atoms with Gasteiger partial charge in [-0.1, -0.05) is 16.7 Å². The van der Waals surface area contributed by atoms with E-state index < -0.39 is 0 Å². The van der Waals surface area contributed by atoms with Gasteiger partial charge in [0.1, 0.15) is 5.69 Å². The Morgan fingerprint density at radius 2 is 2.13 bits per heavy atom. The molecule has 7 heteroatoms. The maximum atomic E-state index is 12.4. The summed E-state index contributed by atoms with van der Waals surface area (Å²) in [5.41, 5.74) is 9.82. The second-order valence-corrected chi connectivity index (χ2v) is 6.46. The molecular weight excluding hydrogens is 314 g/mol. The zero-order valence-electron chi connectivity index (χ0n) is 12.6. The molecule has 0 radical (unpaired) electrons. The quantitative estimate of drug-likeness (QED) is 0.484. The molecule has 0 spiro atoms. The Morgan fingerprint density at radius 3 is 2.87 bits per heavy atom. The Bertz CT molecular complexity index is 757. The van der Waals surface area contributed by atoms with Crippen molar-refractivity contribution >= 4 is 28.4 Å². The van der Waals surface area contributed by atoms with Crippen LogP contribution < -0.4 is 5.32 Å². The van der Waals surface area contributed by atoms with Gasteiger partial charge in [0, 0.05) is 33.4 Å². The number of H-pyrrole nitrogens is 1. The van der Waals surface area contributed by atoms with Gasteiger partial charge in [0.05, 0.1) is 0 Å². The molecule has 1 amide bonds. The molecule has 2 N–H and O–H groups in total. The van der Waals surface area contributed by atoms with Gasteiger partial charge in [0.15, 0.2) is 0 Å². The molecule has 1 aliphatic rings. The monoisotopic (exact) mass is 331 g/mol. The summed E-state index contributed by atoms with van der Waals surface area (Å²) in [4.78, 5) is 18.3. The number of nitrogens with one attached hydrogen (secondary N) is 2. The highest BCUT2D eigenvalue weighted by molar-refractivity contribution is 6.31. The molecule has 1 aromatic carbocycles. The number of benzene rings is 1. The number of nitrogens with zero attached hydrogens (tertiary/aromatic N) is 3. The lowest BCUT2D eigenvalue weighted by Crippen LogP contribution is -2.38. The van der Waals surface area contributed by atoms with Gasteiger partial charge in [0.25, 0.3) is 5.91 Å². The normalized spacial score (nSPS) is 20.9. The molecule has 1 aliphatic carbocycles. The first kappa shape index (κ1) is 15.7. The van der Waals surface area contributed by atoms with E-state index in [0.29, 0.717) is 23.2 Å². The van der Waals surface area contributed by atoms with E-state index in [1.165, 1.54) is 0 Å². The number of rotatable bonds is 4. The first-order chi connectivity index (χ1) is 11.2. The van der Waals surface area contributed by atoms with E-state index in [9.17, 15) is 4.79 Å². The smallest absolute Gasteiger partial charge is 0.267 e. The number of azide groups is 1. The fourth-order valence-corrected chi connectivity index (χ4v) is 3.31. The highest BCUT2D eigenvalue weighted by atomic mass is 35.5. The molecular formula is C16H18ClN5O. The molecule has 1 heterocycles. The summed E-state index contributed by atoms with van der Waals surface area (Å²) in [5, 5.41) is 8.30. The van der Waals surface area contributed by atoms with Crippen LogP contribution in [0.15, 0.2) is 29.4 Å². The van der Waals surface area contributed by atoms with Gasteiger partial charge in [0.2, 0.25) is 0 Å². The number of fused-ring (bicyclic) bond motifs is 1. The van der Waals surface area contributed by atoms with Crippen LogP contribution in [0.1, 0.15) is 36.2 Å². The third-order valence-electron chi connectivity index (χ3n) is 4.41. The second-order valence-electron chi connectivity index (χ2n) is 6.02. The van der Waals surface area contributed by atoms with E-state index in [-0.39, 0.29) is 11.9 Å². The molecule has 1 fully saturated rings. The number of aromatic nitrogens is 1. The summed E-state index contributed by atoms with van der Waals surface area (Å²) in [5.74, 6) is 0.352. The number of halogens is 1. The summed E-state index contributed by atoms with van der Waals surface area (Å²) < 4.78 is 0. The average molecular weight is 332 g/mol. The number of hydrogen-bond acceptors (Lipinski definition) is 2. The van der Waals surface area contributed by atoms with Crippen LogP contribution in [0.25, 0.3) is 21.3 Å². The standard InChI is InChI=1S/C16H18ClN5O/c17-12-3-6-14-11(7-12)8-15(21-14)16(23)20-13-4-1-10(2-5-13)9-19-22-18/h3,6-8,10,13,21H,1-2,4-5,9H2,(H,20,23)/t10-,13-. The van der Waals surface area contributed by atoms with Crippen molar-refractivity contribution in [3.8, 4) is 0 Å². The van der Waals surface area contributed by atoms with Gasteiger partial charge in [-0.2, -0.15) is 0 Å². The van der Waals surface area contributed by atoms with Crippen molar-refractivity contribution in [1.82, 2.24) is 10.3 Å². The van der Waals surface area contributed by atoms with Gasteiger partial charge in [-0.3, -0.25) is 4.79 Å². The SMILES string of the molecule is [N-]=[N+]=NC[C@H]1CC[C@H](NC(=O)c2cc3cc(Cl)ccc3[nH]2)CC1. The number of amides is 1. The van der Waals surface area contributed by atoms with Crippen LogP contribution in [0.4, 0.5) is 0 Å². The summed E-state index contributed by atoms with van der Waals surface area (Å²) in [6.07, 6.45) is 3.80. The van der Waals surface area contributed by atoms with E-state index in [1.54, 1.807) is 6.07 Å². The van der Waals surface area contributed by atoms with Gasteiger partial charge in [-0.05, 0) is 61.4 Å². The third-order valence-corrected chi connectivity index (χ3v) is 4.65. The van der Waals surface area contributed by atoms with Crippen molar-refractivity contribution in [3.05, 3.63) is 45.4 Å². The number of carbonyl (C=O) groups is 1. The lowest BCUT2D eigenvalue weighted by Gasteiger charge is -2.28. The van der Waals surface area contributed by atoms with E-state index >= 15 is 0 Å². The largest absolute Gasteiger partial charge is 0.351 e. The fourth-order valence-electron chi connectivity index (χ4n) is 3.13. The molecule has 3 rings (SSSR count). The maximum Gasteiger partial charge on any atom is 0.267 e. The van der Waals surface area contributed by atoms with E-state index in [2.05, 4.69) is 20.3 Å². The minimum Gasteiger partial charge on any atom is -0.351 e. The lowest BCUT2D eigenvalue weighted by molar-refractivity contribution is 0.0918. The van der Waals surface area contributed by atoms with Crippen molar-refractivity contribution in [2.24, 2.45) is 11.0 Å². The summed E-state index contributed by atoms with van der Waals surface area (Å²) in [6.45, 7) is 0.555. The van der Waals surface area contributed by atoms with Crippen LogP contribution in [0.3, 0.4) is 0 Å². The molecule has 1 aromatic heterocycles. The molecule has 0 saturated heterocycles. The first-order valence-corrected chi connectivity index (χ1v) is 8.13. The van der Waals surface area contributed by atoms with Crippen LogP contribution in [-0.4, -0.2) is 23.5 Å². The maximum absolute atomic E-state index is 12.4. The molecule has 6 nitrogen and oxygen atoms in total. The van der Waals surface area contributed by atoms with Gasteiger partial charge in [-0.25, -0.2) is 0 Å². The van der Waals surface area contributed by atoms with Crippen LogP contribution in [0.5, 0.6) is 0 Å². The first-order valence-electron chi connectivity index (χ1n) is 7.75. The molecule has 0 aliphatic heterocycles. The molecule has 120 valence electrons. The van der Waals surface area contributed by atoms with E-state index in [1.807, 2.05) is 18.2 Å². The molecule has 0 unspecified atom stereocenters. The molecule has 2 aromatic rings. The molecule has 0 atom stereocenters. The van der Waals surface area contributed by atoms with Crippen molar-refractivity contribution in [3.63, 3.8) is 0 Å². The van der Waals surface area contributed by atoms with Crippen molar-refractivity contribution in [2.75, 3.05) is 6.54 Å².